The lowest BCUT2D eigenvalue weighted by Gasteiger charge is -2.32. The molecule has 2 amide bonds. The van der Waals surface area contributed by atoms with Crippen LogP contribution < -0.4 is 5.32 Å². The first-order valence-electron chi connectivity index (χ1n) is 9.47. The molecular formula is C21H21FN4O2S. The summed E-state index contributed by atoms with van der Waals surface area (Å²) in [7, 11) is 0. The third-order valence-electron chi connectivity index (χ3n) is 5.15. The van der Waals surface area contributed by atoms with Gasteiger partial charge in [-0.3, -0.25) is 9.59 Å². The summed E-state index contributed by atoms with van der Waals surface area (Å²) in [6, 6.07) is 9.34. The monoisotopic (exact) mass is 412 g/mol. The van der Waals surface area contributed by atoms with Crippen LogP contribution in [0.2, 0.25) is 0 Å². The number of aromatic nitrogens is 2. The number of halogens is 1. The van der Waals surface area contributed by atoms with Gasteiger partial charge in [0.1, 0.15) is 11.6 Å². The van der Waals surface area contributed by atoms with Gasteiger partial charge in [0.15, 0.2) is 0 Å². The fourth-order valence-electron chi connectivity index (χ4n) is 3.57. The number of thiophene rings is 1. The van der Waals surface area contributed by atoms with Gasteiger partial charge >= 0.3 is 0 Å². The van der Waals surface area contributed by atoms with Gasteiger partial charge in [-0.05, 0) is 55.0 Å². The maximum Gasteiger partial charge on any atom is 0.264 e. The minimum absolute atomic E-state index is 0.0797. The third-order valence-corrected chi connectivity index (χ3v) is 6.16. The Morgan fingerprint density at radius 2 is 2.00 bits per heavy atom. The Morgan fingerprint density at radius 1 is 1.21 bits per heavy atom. The van der Waals surface area contributed by atoms with Crippen molar-refractivity contribution in [2.75, 3.05) is 18.4 Å². The van der Waals surface area contributed by atoms with Gasteiger partial charge in [-0.2, -0.15) is 5.10 Å². The van der Waals surface area contributed by atoms with E-state index in [0.717, 1.165) is 23.3 Å². The Balaban J connectivity index is 1.41. The van der Waals surface area contributed by atoms with Gasteiger partial charge in [0, 0.05) is 24.7 Å². The molecule has 1 saturated heterocycles. The summed E-state index contributed by atoms with van der Waals surface area (Å²) in [5, 5.41) is 9.11. The van der Waals surface area contributed by atoms with Crippen LogP contribution in [-0.2, 0) is 0 Å². The van der Waals surface area contributed by atoms with Crippen molar-refractivity contribution in [1.29, 1.82) is 0 Å². The molecule has 0 aliphatic carbocycles. The van der Waals surface area contributed by atoms with E-state index < -0.39 is 5.82 Å². The molecule has 2 aromatic heterocycles. The van der Waals surface area contributed by atoms with E-state index in [-0.39, 0.29) is 23.4 Å². The lowest BCUT2D eigenvalue weighted by molar-refractivity contribution is 0.0695. The molecular weight excluding hydrogens is 391 g/mol. The molecule has 0 unspecified atom stereocenters. The predicted octanol–water partition coefficient (Wildman–Crippen LogP) is 4.12. The summed E-state index contributed by atoms with van der Waals surface area (Å²) < 4.78 is 15.2. The fraction of sp³-hybridized carbons (Fsp3) is 0.286. The molecule has 3 aromatic rings. The number of likely N-dealkylation sites (tertiary alicyclic amines) is 1. The molecule has 1 aliphatic rings. The van der Waals surface area contributed by atoms with Crippen LogP contribution in [0.4, 0.5) is 10.2 Å². The Kier molecular flexibility index (Phi) is 5.44. The Hall–Kier alpha value is -3.00. The molecule has 150 valence electrons. The number of anilines is 1. The third kappa shape index (κ3) is 4.07. The van der Waals surface area contributed by atoms with Crippen LogP contribution in [0, 0.1) is 12.7 Å². The summed E-state index contributed by atoms with van der Waals surface area (Å²) in [5.41, 5.74) is 1.26. The van der Waals surface area contributed by atoms with Crippen molar-refractivity contribution in [1.82, 2.24) is 14.7 Å². The van der Waals surface area contributed by atoms with Gasteiger partial charge in [-0.25, -0.2) is 9.07 Å². The van der Waals surface area contributed by atoms with Crippen molar-refractivity contribution in [3.05, 3.63) is 69.8 Å². The lowest BCUT2D eigenvalue weighted by Crippen LogP contribution is -2.39. The van der Waals surface area contributed by atoms with E-state index in [0.29, 0.717) is 18.9 Å². The SMILES string of the molecule is Cc1ccsc1C(=O)N1CCC(n2nccc2NC(=O)c2cccc(F)c2)CC1. The highest BCUT2D eigenvalue weighted by atomic mass is 32.1. The average molecular weight is 412 g/mol. The molecule has 1 aliphatic heterocycles. The van der Waals surface area contributed by atoms with Crippen LogP contribution in [0.3, 0.4) is 0 Å². The summed E-state index contributed by atoms with van der Waals surface area (Å²) in [6.07, 6.45) is 3.13. The Morgan fingerprint density at radius 3 is 2.69 bits per heavy atom. The van der Waals surface area contributed by atoms with Gasteiger partial charge in [0.25, 0.3) is 11.8 Å². The quantitative estimate of drug-likeness (QED) is 0.701. The van der Waals surface area contributed by atoms with Crippen molar-refractivity contribution in [3.8, 4) is 0 Å². The molecule has 0 bridgehead atoms. The van der Waals surface area contributed by atoms with Crippen molar-refractivity contribution in [2.24, 2.45) is 0 Å². The molecule has 29 heavy (non-hydrogen) atoms. The van der Waals surface area contributed by atoms with E-state index in [2.05, 4.69) is 10.4 Å². The average Bonchev–Trinajstić information content (AvgIpc) is 3.36. The second kappa shape index (κ2) is 8.16. The van der Waals surface area contributed by atoms with Crippen molar-refractivity contribution in [2.45, 2.75) is 25.8 Å². The molecule has 3 heterocycles. The van der Waals surface area contributed by atoms with Crippen LogP contribution in [0.1, 0.15) is 44.5 Å². The van der Waals surface area contributed by atoms with Crippen molar-refractivity contribution >= 4 is 29.0 Å². The zero-order valence-corrected chi connectivity index (χ0v) is 16.8. The minimum Gasteiger partial charge on any atom is -0.338 e. The fourth-order valence-corrected chi connectivity index (χ4v) is 4.46. The second-order valence-electron chi connectivity index (χ2n) is 7.08. The van der Waals surface area contributed by atoms with E-state index in [9.17, 15) is 14.0 Å². The van der Waals surface area contributed by atoms with Crippen LogP contribution >= 0.6 is 11.3 Å². The van der Waals surface area contributed by atoms with Gasteiger partial charge < -0.3 is 10.2 Å². The second-order valence-corrected chi connectivity index (χ2v) is 8.00. The topological polar surface area (TPSA) is 67.2 Å². The highest BCUT2D eigenvalue weighted by molar-refractivity contribution is 7.12. The van der Waals surface area contributed by atoms with E-state index in [1.165, 1.54) is 29.5 Å². The lowest BCUT2D eigenvalue weighted by atomic mass is 10.0. The summed E-state index contributed by atoms with van der Waals surface area (Å²) in [6.45, 7) is 3.23. The van der Waals surface area contributed by atoms with E-state index in [4.69, 9.17) is 0 Å². The standard InChI is InChI=1S/C21H21FN4O2S/c1-14-8-12-29-19(14)21(28)25-10-6-17(7-11-25)26-18(5-9-23-26)24-20(27)15-3-2-4-16(22)13-15/h2-5,8-9,12-13,17H,6-7,10-11H2,1H3,(H,24,27). The van der Waals surface area contributed by atoms with Crippen LogP contribution in [0.25, 0.3) is 0 Å². The number of hydrogen-bond acceptors (Lipinski definition) is 4. The molecule has 0 atom stereocenters. The van der Waals surface area contributed by atoms with Gasteiger partial charge in [-0.1, -0.05) is 6.07 Å². The molecule has 1 N–H and O–H groups in total. The first-order valence-corrected chi connectivity index (χ1v) is 10.3. The van der Waals surface area contributed by atoms with Gasteiger partial charge in [0.05, 0.1) is 17.1 Å². The predicted molar refractivity (Wildman–Crippen MR) is 110 cm³/mol. The first-order chi connectivity index (χ1) is 14.0. The molecule has 4 rings (SSSR count). The number of hydrogen-bond donors (Lipinski definition) is 1. The maximum absolute atomic E-state index is 13.4. The van der Waals surface area contributed by atoms with Crippen LogP contribution in [0.15, 0.2) is 48.0 Å². The smallest absolute Gasteiger partial charge is 0.264 e. The van der Waals surface area contributed by atoms with Gasteiger partial charge in [-0.15, -0.1) is 11.3 Å². The number of nitrogens with one attached hydrogen (secondary N) is 1. The highest BCUT2D eigenvalue weighted by Crippen LogP contribution is 2.28. The summed E-state index contributed by atoms with van der Waals surface area (Å²) >= 11 is 1.48. The summed E-state index contributed by atoms with van der Waals surface area (Å²) in [4.78, 5) is 27.8. The number of rotatable bonds is 4. The maximum atomic E-state index is 13.4. The molecule has 0 radical (unpaired) electrons. The van der Waals surface area contributed by atoms with Gasteiger partial charge in [0.2, 0.25) is 0 Å². The number of carbonyl (C=O) groups excluding carboxylic acids is 2. The zero-order chi connectivity index (χ0) is 20.4. The van der Waals surface area contributed by atoms with Crippen molar-refractivity contribution < 1.29 is 14.0 Å². The van der Waals surface area contributed by atoms with E-state index in [1.54, 1.807) is 23.0 Å². The normalized spacial score (nSPS) is 14.8. The number of carbonyl (C=O) groups is 2. The highest BCUT2D eigenvalue weighted by Gasteiger charge is 2.27. The minimum atomic E-state index is -0.454. The van der Waals surface area contributed by atoms with Crippen LogP contribution in [0.5, 0.6) is 0 Å². The zero-order valence-electron chi connectivity index (χ0n) is 16.0. The molecule has 6 nitrogen and oxygen atoms in total. The molecule has 0 spiro atoms. The Labute approximate surface area is 172 Å². The van der Waals surface area contributed by atoms with Crippen molar-refractivity contribution in [3.63, 3.8) is 0 Å². The molecule has 1 fully saturated rings. The van der Waals surface area contributed by atoms with E-state index >= 15 is 0 Å². The Bertz CT molecular complexity index is 1040. The number of aryl methyl sites for hydroxylation is 1. The van der Waals surface area contributed by atoms with Crippen LogP contribution in [-0.4, -0.2) is 39.6 Å². The number of amides is 2. The van der Waals surface area contributed by atoms with E-state index in [1.807, 2.05) is 23.3 Å². The number of piperidine rings is 1. The number of benzene rings is 1. The largest absolute Gasteiger partial charge is 0.338 e. The first kappa shape index (κ1) is 19.3. The summed E-state index contributed by atoms with van der Waals surface area (Å²) in [5.74, 6) is -0.189. The molecule has 8 heteroatoms. The molecule has 0 saturated carbocycles. The number of nitrogens with zero attached hydrogens (tertiary/aromatic N) is 3. The molecule has 1 aromatic carbocycles.